The van der Waals surface area contributed by atoms with E-state index in [4.69, 9.17) is 9.47 Å². The molecular weight excluding hydrogens is 336 g/mol. The fraction of sp³-hybridized carbons (Fsp3) is 0.478. The zero-order valence-electron chi connectivity index (χ0n) is 17.0. The Morgan fingerprint density at radius 1 is 0.852 bits per heavy atom. The summed E-state index contributed by atoms with van der Waals surface area (Å²) in [5.41, 5.74) is 5.22. The number of nitrogens with zero attached hydrogens (tertiary/aromatic N) is 1. The lowest BCUT2D eigenvalue weighted by Gasteiger charge is -2.36. The van der Waals surface area contributed by atoms with Crippen LogP contribution >= 0.6 is 0 Å². The van der Waals surface area contributed by atoms with Gasteiger partial charge in [-0.1, -0.05) is 35.4 Å². The number of rotatable bonds is 7. The third kappa shape index (κ3) is 4.82. The minimum absolute atomic E-state index is 0.223. The van der Waals surface area contributed by atoms with Crippen molar-refractivity contribution in [2.75, 3.05) is 39.4 Å². The molecule has 0 spiro atoms. The summed E-state index contributed by atoms with van der Waals surface area (Å²) in [6, 6.07) is 13.5. The molecule has 1 heterocycles. The molecule has 1 atom stereocenters. The number of hydrogen-bond donors (Lipinski definition) is 1. The van der Waals surface area contributed by atoms with Crippen LogP contribution in [0.5, 0.6) is 11.5 Å². The molecule has 0 aromatic heterocycles. The van der Waals surface area contributed by atoms with Crippen LogP contribution in [0.25, 0.3) is 0 Å². The van der Waals surface area contributed by atoms with Crippen LogP contribution in [0.1, 0.15) is 42.1 Å². The molecule has 1 unspecified atom stereocenters. The molecule has 0 bridgehead atoms. The SMILES string of the molecule is CCOc1ccc(C(c2cc(C)cc(C)c2)N2CCNCC2)cc1OCC. The van der Waals surface area contributed by atoms with Gasteiger partial charge in [0.15, 0.2) is 11.5 Å². The first-order chi connectivity index (χ1) is 13.1. The molecule has 2 aromatic rings. The predicted molar refractivity (Wildman–Crippen MR) is 111 cm³/mol. The molecule has 1 N–H and O–H groups in total. The smallest absolute Gasteiger partial charge is 0.161 e. The number of benzene rings is 2. The van der Waals surface area contributed by atoms with Gasteiger partial charge in [0.1, 0.15) is 0 Å². The fourth-order valence-electron chi connectivity index (χ4n) is 3.96. The van der Waals surface area contributed by atoms with Gasteiger partial charge in [0.05, 0.1) is 19.3 Å². The van der Waals surface area contributed by atoms with Crippen molar-refractivity contribution in [1.29, 1.82) is 0 Å². The van der Waals surface area contributed by atoms with E-state index in [0.29, 0.717) is 13.2 Å². The van der Waals surface area contributed by atoms with Crippen LogP contribution in [0.15, 0.2) is 36.4 Å². The fourth-order valence-corrected chi connectivity index (χ4v) is 3.96. The summed E-state index contributed by atoms with van der Waals surface area (Å²) < 4.78 is 11.7. The number of hydrogen-bond acceptors (Lipinski definition) is 4. The van der Waals surface area contributed by atoms with Gasteiger partial charge in [0.2, 0.25) is 0 Å². The summed E-state index contributed by atoms with van der Waals surface area (Å²) >= 11 is 0. The van der Waals surface area contributed by atoms with Crippen LogP contribution in [0.2, 0.25) is 0 Å². The van der Waals surface area contributed by atoms with Gasteiger partial charge >= 0.3 is 0 Å². The molecule has 2 aromatic carbocycles. The monoisotopic (exact) mass is 368 g/mol. The Morgan fingerprint density at radius 3 is 2.11 bits per heavy atom. The molecule has 27 heavy (non-hydrogen) atoms. The van der Waals surface area contributed by atoms with E-state index in [1.807, 2.05) is 13.8 Å². The standard InChI is InChI=1S/C23H32N2O2/c1-5-26-21-8-7-19(16-22(21)27-6-2)23(25-11-9-24-10-12-25)20-14-17(3)13-18(4)15-20/h7-8,13-16,23-24H,5-6,9-12H2,1-4H3. The maximum absolute atomic E-state index is 5.90. The van der Waals surface area contributed by atoms with Crippen molar-refractivity contribution in [2.24, 2.45) is 0 Å². The van der Waals surface area contributed by atoms with E-state index in [1.165, 1.54) is 22.3 Å². The Balaban J connectivity index is 2.05. The van der Waals surface area contributed by atoms with E-state index in [2.05, 4.69) is 60.5 Å². The van der Waals surface area contributed by atoms with Crippen LogP contribution in [0.4, 0.5) is 0 Å². The highest BCUT2D eigenvalue weighted by molar-refractivity contribution is 5.47. The van der Waals surface area contributed by atoms with Gasteiger partial charge in [-0.25, -0.2) is 0 Å². The van der Waals surface area contributed by atoms with Crippen molar-refractivity contribution in [3.8, 4) is 11.5 Å². The van der Waals surface area contributed by atoms with E-state index in [-0.39, 0.29) is 6.04 Å². The normalized spacial score (nSPS) is 16.1. The molecule has 0 amide bonds. The molecule has 4 heteroatoms. The Bertz CT molecular complexity index is 734. The Morgan fingerprint density at radius 2 is 1.48 bits per heavy atom. The van der Waals surface area contributed by atoms with Crippen molar-refractivity contribution in [2.45, 2.75) is 33.7 Å². The highest BCUT2D eigenvalue weighted by Crippen LogP contribution is 2.36. The summed E-state index contributed by atoms with van der Waals surface area (Å²) in [7, 11) is 0. The second kappa shape index (κ2) is 9.25. The molecule has 0 aliphatic carbocycles. The zero-order chi connectivity index (χ0) is 19.2. The lowest BCUT2D eigenvalue weighted by atomic mass is 9.93. The Hall–Kier alpha value is -2.04. The third-order valence-corrected chi connectivity index (χ3v) is 4.96. The van der Waals surface area contributed by atoms with Gasteiger partial charge in [-0.2, -0.15) is 0 Å². The maximum atomic E-state index is 5.90. The van der Waals surface area contributed by atoms with Crippen molar-refractivity contribution in [3.63, 3.8) is 0 Å². The maximum Gasteiger partial charge on any atom is 0.161 e. The minimum atomic E-state index is 0.223. The van der Waals surface area contributed by atoms with Gasteiger partial charge in [-0.15, -0.1) is 0 Å². The predicted octanol–water partition coefficient (Wildman–Crippen LogP) is 4.10. The minimum Gasteiger partial charge on any atom is -0.490 e. The average Bonchev–Trinajstić information content (AvgIpc) is 2.64. The molecule has 3 rings (SSSR count). The van der Waals surface area contributed by atoms with E-state index in [9.17, 15) is 0 Å². The van der Waals surface area contributed by atoms with Crippen molar-refractivity contribution in [1.82, 2.24) is 10.2 Å². The number of nitrogens with one attached hydrogen (secondary N) is 1. The lowest BCUT2D eigenvalue weighted by molar-refractivity contribution is 0.197. The quantitative estimate of drug-likeness (QED) is 0.798. The zero-order valence-corrected chi connectivity index (χ0v) is 17.0. The summed E-state index contributed by atoms with van der Waals surface area (Å²) in [5, 5.41) is 3.47. The summed E-state index contributed by atoms with van der Waals surface area (Å²) in [5.74, 6) is 1.66. The summed E-state index contributed by atoms with van der Waals surface area (Å²) in [6.45, 7) is 13.8. The van der Waals surface area contributed by atoms with Crippen molar-refractivity contribution in [3.05, 3.63) is 58.7 Å². The second-order valence-electron chi connectivity index (χ2n) is 7.18. The van der Waals surface area contributed by atoms with Crippen LogP contribution in [0, 0.1) is 13.8 Å². The van der Waals surface area contributed by atoms with E-state index < -0.39 is 0 Å². The second-order valence-corrected chi connectivity index (χ2v) is 7.18. The number of piperazine rings is 1. The van der Waals surface area contributed by atoms with E-state index in [1.54, 1.807) is 0 Å². The largest absolute Gasteiger partial charge is 0.490 e. The third-order valence-electron chi connectivity index (χ3n) is 4.96. The number of aryl methyl sites for hydroxylation is 2. The average molecular weight is 369 g/mol. The first kappa shape index (κ1) is 19.7. The highest BCUT2D eigenvalue weighted by atomic mass is 16.5. The first-order valence-corrected chi connectivity index (χ1v) is 10.0. The topological polar surface area (TPSA) is 33.7 Å². The van der Waals surface area contributed by atoms with Crippen LogP contribution < -0.4 is 14.8 Å². The number of ether oxygens (including phenoxy) is 2. The van der Waals surface area contributed by atoms with Crippen LogP contribution in [-0.2, 0) is 0 Å². The molecule has 0 saturated carbocycles. The van der Waals surface area contributed by atoms with E-state index in [0.717, 1.165) is 37.7 Å². The van der Waals surface area contributed by atoms with Crippen molar-refractivity contribution < 1.29 is 9.47 Å². The molecule has 1 aliphatic heterocycles. The van der Waals surface area contributed by atoms with Crippen molar-refractivity contribution >= 4 is 0 Å². The molecule has 1 fully saturated rings. The molecule has 0 radical (unpaired) electrons. The van der Waals surface area contributed by atoms with E-state index >= 15 is 0 Å². The Labute approximate surface area is 163 Å². The molecular formula is C23H32N2O2. The van der Waals surface area contributed by atoms with Crippen LogP contribution in [-0.4, -0.2) is 44.3 Å². The van der Waals surface area contributed by atoms with Gasteiger partial charge < -0.3 is 14.8 Å². The van der Waals surface area contributed by atoms with Gasteiger partial charge in [0, 0.05) is 26.2 Å². The summed E-state index contributed by atoms with van der Waals surface area (Å²) in [6.07, 6.45) is 0. The first-order valence-electron chi connectivity index (χ1n) is 10.0. The van der Waals surface area contributed by atoms with Gasteiger partial charge in [0.25, 0.3) is 0 Å². The van der Waals surface area contributed by atoms with Crippen LogP contribution in [0.3, 0.4) is 0 Å². The molecule has 1 saturated heterocycles. The summed E-state index contributed by atoms with van der Waals surface area (Å²) in [4.78, 5) is 2.57. The van der Waals surface area contributed by atoms with Gasteiger partial charge in [-0.05, 0) is 51.0 Å². The highest BCUT2D eigenvalue weighted by Gasteiger charge is 2.25. The lowest BCUT2D eigenvalue weighted by Crippen LogP contribution is -2.45. The molecule has 4 nitrogen and oxygen atoms in total. The molecule has 1 aliphatic rings. The van der Waals surface area contributed by atoms with Gasteiger partial charge in [-0.3, -0.25) is 4.90 Å². The molecule has 146 valence electrons. The Kier molecular flexibility index (Phi) is 6.75.